The van der Waals surface area contributed by atoms with Crippen LogP contribution in [0, 0.1) is 0 Å². The lowest BCUT2D eigenvalue weighted by Gasteiger charge is -2.07. The molecule has 0 radical (unpaired) electrons. The second-order valence-electron chi connectivity index (χ2n) is 4.18. The molecule has 2 N–H and O–H groups in total. The van der Waals surface area contributed by atoms with E-state index in [0.29, 0.717) is 17.1 Å². The second kappa shape index (κ2) is 5.00. The molecule has 0 aliphatic carbocycles. The lowest BCUT2D eigenvalue weighted by atomic mass is 10.2. The first-order chi connectivity index (χ1) is 9.78. The zero-order valence-corrected chi connectivity index (χ0v) is 10.8. The summed E-state index contributed by atoms with van der Waals surface area (Å²) in [6.45, 7) is 0. The molecule has 6 nitrogen and oxygen atoms in total. The van der Waals surface area contributed by atoms with E-state index in [0.717, 1.165) is 10.9 Å². The van der Waals surface area contributed by atoms with Gasteiger partial charge in [0.1, 0.15) is 11.4 Å². The normalized spacial score (nSPS) is 10.4. The maximum atomic E-state index is 11.9. The van der Waals surface area contributed by atoms with E-state index in [1.54, 1.807) is 19.4 Å². The number of rotatable bonds is 3. The lowest BCUT2D eigenvalue weighted by Crippen LogP contribution is -2.12. The zero-order chi connectivity index (χ0) is 13.9. The van der Waals surface area contributed by atoms with Crippen molar-refractivity contribution in [2.45, 2.75) is 0 Å². The number of hydrogen-bond donors (Lipinski definition) is 2. The molecule has 3 aromatic rings. The molecule has 6 heteroatoms. The Kier molecular flexibility index (Phi) is 3.04. The third kappa shape index (κ3) is 2.18. The molecule has 0 saturated heterocycles. The van der Waals surface area contributed by atoms with Crippen LogP contribution in [0.5, 0.6) is 5.75 Å². The Morgan fingerprint density at radius 2 is 2.25 bits per heavy atom. The predicted octanol–water partition coefficient (Wildman–Crippen LogP) is 2.22. The van der Waals surface area contributed by atoms with Gasteiger partial charge in [-0.15, -0.1) is 0 Å². The van der Waals surface area contributed by atoms with E-state index in [9.17, 15) is 4.79 Å². The van der Waals surface area contributed by atoms with E-state index in [-0.39, 0.29) is 5.91 Å². The van der Waals surface area contributed by atoms with Crippen molar-refractivity contribution in [1.29, 1.82) is 0 Å². The molecule has 1 aromatic carbocycles. The summed E-state index contributed by atoms with van der Waals surface area (Å²) in [6.07, 6.45) is 3.13. The minimum Gasteiger partial charge on any atom is -0.496 e. The molecule has 0 atom stereocenters. The van der Waals surface area contributed by atoms with Crippen molar-refractivity contribution in [2.24, 2.45) is 0 Å². The Morgan fingerprint density at radius 1 is 1.35 bits per heavy atom. The molecule has 3 rings (SSSR count). The molecule has 0 aliphatic heterocycles. The van der Waals surface area contributed by atoms with Crippen molar-refractivity contribution in [3.8, 4) is 5.75 Å². The molecule has 100 valence electrons. The summed E-state index contributed by atoms with van der Waals surface area (Å²) in [5, 5.41) is 9.95. The fourth-order valence-electron chi connectivity index (χ4n) is 1.95. The van der Waals surface area contributed by atoms with E-state index in [1.807, 2.05) is 24.3 Å². The highest BCUT2D eigenvalue weighted by molar-refractivity contribution is 6.03. The van der Waals surface area contributed by atoms with Gasteiger partial charge in [-0.25, -0.2) is 0 Å². The maximum Gasteiger partial charge on any atom is 0.273 e. The summed E-state index contributed by atoms with van der Waals surface area (Å²) >= 11 is 0. The Labute approximate surface area is 114 Å². The van der Waals surface area contributed by atoms with Crippen LogP contribution in [-0.2, 0) is 0 Å². The summed E-state index contributed by atoms with van der Waals surface area (Å²) in [6, 6.07) is 9.04. The molecule has 0 aliphatic rings. The molecule has 2 aromatic heterocycles. The van der Waals surface area contributed by atoms with Gasteiger partial charge in [0.15, 0.2) is 0 Å². The lowest BCUT2D eigenvalue weighted by molar-refractivity contribution is 0.102. The molecule has 0 unspecified atom stereocenters. The monoisotopic (exact) mass is 268 g/mol. The molecule has 1 amide bonds. The SMILES string of the molecule is COc1cccc2ncc(NC(=O)c3ccn[nH]3)cc12. The second-order valence-corrected chi connectivity index (χ2v) is 4.18. The molecule has 0 spiro atoms. The largest absolute Gasteiger partial charge is 0.496 e. The Hall–Kier alpha value is -2.89. The highest BCUT2D eigenvalue weighted by Gasteiger charge is 2.09. The summed E-state index contributed by atoms with van der Waals surface area (Å²) < 4.78 is 5.29. The van der Waals surface area contributed by atoms with Crippen molar-refractivity contribution < 1.29 is 9.53 Å². The molecule has 0 saturated carbocycles. The number of amides is 1. The van der Waals surface area contributed by atoms with E-state index in [1.165, 1.54) is 6.20 Å². The summed E-state index contributed by atoms with van der Waals surface area (Å²) in [5.41, 5.74) is 1.80. The van der Waals surface area contributed by atoms with Gasteiger partial charge in [0.2, 0.25) is 0 Å². The first kappa shape index (κ1) is 12.2. The quantitative estimate of drug-likeness (QED) is 0.763. The number of benzene rings is 1. The third-order valence-electron chi connectivity index (χ3n) is 2.91. The number of nitrogens with zero attached hydrogens (tertiary/aromatic N) is 2. The van der Waals surface area contributed by atoms with Crippen LogP contribution in [-0.4, -0.2) is 28.2 Å². The fourth-order valence-corrected chi connectivity index (χ4v) is 1.95. The van der Waals surface area contributed by atoms with Gasteiger partial charge < -0.3 is 10.1 Å². The number of carbonyl (C=O) groups is 1. The number of pyridine rings is 1. The van der Waals surface area contributed by atoms with Gasteiger partial charge in [-0.1, -0.05) is 6.07 Å². The number of hydrogen-bond acceptors (Lipinski definition) is 4. The van der Waals surface area contributed by atoms with Crippen LogP contribution in [0.4, 0.5) is 5.69 Å². The molecule has 0 fully saturated rings. The molecule has 2 heterocycles. The highest BCUT2D eigenvalue weighted by Crippen LogP contribution is 2.26. The summed E-state index contributed by atoms with van der Waals surface area (Å²) in [4.78, 5) is 16.2. The minimum absolute atomic E-state index is 0.265. The van der Waals surface area contributed by atoms with Crippen LogP contribution >= 0.6 is 0 Å². The van der Waals surface area contributed by atoms with Crippen LogP contribution in [0.25, 0.3) is 10.9 Å². The smallest absolute Gasteiger partial charge is 0.273 e. The molecule has 0 bridgehead atoms. The van der Waals surface area contributed by atoms with Gasteiger partial charge in [0.25, 0.3) is 5.91 Å². The van der Waals surface area contributed by atoms with Crippen LogP contribution in [0.15, 0.2) is 42.7 Å². The van der Waals surface area contributed by atoms with E-state index in [2.05, 4.69) is 20.5 Å². The summed E-state index contributed by atoms with van der Waals surface area (Å²) in [7, 11) is 1.60. The number of anilines is 1. The number of aromatic amines is 1. The van der Waals surface area contributed by atoms with Crippen molar-refractivity contribution >= 4 is 22.5 Å². The first-order valence-electron chi connectivity index (χ1n) is 6.01. The maximum absolute atomic E-state index is 11.9. The molecular weight excluding hydrogens is 256 g/mol. The first-order valence-corrected chi connectivity index (χ1v) is 6.01. The molecular formula is C14H12N4O2. The van der Waals surface area contributed by atoms with E-state index in [4.69, 9.17) is 4.74 Å². The highest BCUT2D eigenvalue weighted by atomic mass is 16.5. The van der Waals surface area contributed by atoms with E-state index < -0.39 is 0 Å². The van der Waals surface area contributed by atoms with Gasteiger partial charge in [0.05, 0.1) is 24.5 Å². The standard InChI is InChI=1S/C14H12N4O2/c1-20-13-4-2-3-11-10(13)7-9(8-15-11)17-14(19)12-5-6-16-18-12/h2-8H,1H3,(H,16,18)(H,17,19). The molecule has 20 heavy (non-hydrogen) atoms. The minimum atomic E-state index is -0.265. The third-order valence-corrected chi connectivity index (χ3v) is 2.91. The van der Waals surface area contributed by atoms with Gasteiger partial charge in [0, 0.05) is 11.6 Å². The average Bonchev–Trinajstić information content (AvgIpc) is 3.01. The van der Waals surface area contributed by atoms with Gasteiger partial charge in [-0.2, -0.15) is 5.10 Å². The van der Waals surface area contributed by atoms with Gasteiger partial charge >= 0.3 is 0 Å². The fraction of sp³-hybridized carbons (Fsp3) is 0.0714. The number of ether oxygens (including phenoxy) is 1. The topological polar surface area (TPSA) is 79.9 Å². The summed E-state index contributed by atoms with van der Waals surface area (Å²) in [5.74, 6) is 0.450. The van der Waals surface area contributed by atoms with Crippen LogP contribution in [0.3, 0.4) is 0 Å². The number of fused-ring (bicyclic) bond motifs is 1. The van der Waals surface area contributed by atoms with Crippen molar-refractivity contribution in [1.82, 2.24) is 15.2 Å². The zero-order valence-electron chi connectivity index (χ0n) is 10.8. The predicted molar refractivity (Wildman–Crippen MR) is 74.8 cm³/mol. The van der Waals surface area contributed by atoms with Crippen LogP contribution < -0.4 is 10.1 Å². The Morgan fingerprint density at radius 3 is 3.00 bits per heavy atom. The van der Waals surface area contributed by atoms with Gasteiger partial charge in [-0.05, 0) is 24.3 Å². The van der Waals surface area contributed by atoms with E-state index >= 15 is 0 Å². The number of H-pyrrole nitrogens is 1. The van der Waals surface area contributed by atoms with Crippen molar-refractivity contribution in [3.05, 3.63) is 48.4 Å². The number of aromatic nitrogens is 3. The number of carbonyl (C=O) groups excluding carboxylic acids is 1. The number of methoxy groups -OCH3 is 1. The average molecular weight is 268 g/mol. The van der Waals surface area contributed by atoms with Crippen molar-refractivity contribution in [2.75, 3.05) is 12.4 Å². The number of nitrogens with one attached hydrogen (secondary N) is 2. The Bertz CT molecular complexity index is 753. The van der Waals surface area contributed by atoms with Gasteiger partial charge in [-0.3, -0.25) is 14.9 Å². The van der Waals surface area contributed by atoms with Crippen LogP contribution in [0.2, 0.25) is 0 Å². The van der Waals surface area contributed by atoms with Crippen LogP contribution in [0.1, 0.15) is 10.5 Å². The Balaban J connectivity index is 1.95. The van der Waals surface area contributed by atoms with Crippen molar-refractivity contribution in [3.63, 3.8) is 0 Å².